The van der Waals surface area contributed by atoms with Crippen LogP contribution in [0.4, 0.5) is 5.69 Å². The Morgan fingerprint density at radius 1 is 1.19 bits per heavy atom. The molecule has 0 spiro atoms. The summed E-state index contributed by atoms with van der Waals surface area (Å²) >= 11 is 5.83. The molecule has 1 saturated heterocycles. The number of piperidine rings is 1. The van der Waals surface area contributed by atoms with Crippen molar-refractivity contribution in [3.63, 3.8) is 0 Å². The number of anilines is 1. The number of nitrogens with zero attached hydrogens (tertiary/aromatic N) is 2. The molecule has 1 aromatic carbocycles. The Bertz CT molecular complexity index is 838. The number of pyridine rings is 1. The lowest BCUT2D eigenvalue weighted by molar-refractivity contribution is 0.0635. The first-order valence-corrected chi connectivity index (χ1v) is 9.18. The second kappa shape index (κ2) is 7.87. The molecular formula is C20H22ClN3O2. The molecule has 1 aliphatic heterocycles. The minimum Gasteiger partial charge on any atom is -0.336 e. The summed E-state index contributed by atoms with van der Waals surface area (Å²) in [6.45, 7) is 4.78. The lowest BCUT2D eigenvalue weighted by atomic mass is 10.0. The number of carbonyl (C=O) groups is 2. The van der Waals surface area contributed by atoms with Crippen molar-refractivity contribution < 1.29 is 9.59 Å². The van der Waals surface area contributed by atoms with E-state index in [0.717, 1.165) is 24.9 Å². The highest BCUT2D eigenvalue weighted by Crippen LogP contribution is 2.23. The Kier molecular flexibility index (Phi) is 5.57. The van der Waals surface area contributed by atoms with Crippen LogP contribution < -0.4 is 5.32 Å². The van der Waals surface area contributed by atoms with E-state index < -0.39 is 0 Å². The van der Waals surface area contributed by atoms with Gasteiger partial charge in [-0.3, -0.25) is 9.59 Å². The number of amides is 2. The Labute approximate surface area is 158 Å². The van der Waals surface area contributed by atoms with Crippen LogP contribution in [0.25, 0.3) is 0 Å². The van der Waals surface area contributed by atoms with E-state index in [0.29, 0.717) is 16.8 Å². The van der Waals surface area contributed by atoms with E-state index >= 15 is 0 Å². The largest absolute Gasteiger partial charge is 0.336 e. The topological polar surface area (TPSA) is 62.3 Å². The number of likely N-dealkylation sites (tertiary alicyclic amines) is 1. The van der Waals surface area contributed by atoms with Gasteiger partial charge in [0.25, 0.3) is 11.8 Å². The number of aryl methyl sites for hydroxylation is 1. The number of benzene rings is 1. The van der Waals surface area contributed by atoms with E-state index in [9.17, 15) is 9.59 Å². The van der Waals surface area contributed by atoms with Crippen LogP contribution >= 0.6 is 11.6 Å². The maximum Gasteiger partial charge on any atom is 0.255 e. The second-order valence-corrected chi connectivity index (χ2v) is 7.08. The van der Waals surface area contributed by atoms with Gasteiger partial charge in [-0.25, -0.2) is 4.98 Å². The Hall–Kier alpha value is -2.40. The van der Waals surface area contributed by atoms with Crippen molar-refractivity contribution in [1.29, 1.82) is 0 Å². The van der Waals surface area contributed by atoms with Gasteiger partial charge >= 0.3 is 0 Å². The molecule has 5 nitrogen and oxygen atoms in total. The molecule has 1 atom stereocenters. The molecule has 1 aromatic heterocycles. The van der Waals surface area contributed by atoms with E-state index in [1.165, 1.54) is 18.7 Å². The molecule has 0 bridgehead atoms. The summed E-state index contributed by atoms with van der Waals surface area (Å²) in [6.07, 6.45) is 4.77. The number of rotatable bonds is 3. The van der Waals surface area contributed by atoms with Gasteiger partial charge in [0.05, 0.1) is 0 Å². The van der Waals surface area contributed by atoms with Crippen molar-refractivity contribution >= 4 is 29.1 Å². The fourth-order valence-electron chi connectivity index (χ4n) is 3.24. The number of hydrogen-bond donors (Lipinski definition) is 1. The number of nitrogens with one attached hydrogen (secondary N) is 1. The monoisotopic (exact) mass is 371 g/mol. The van der Waals surface area contributed by atoms with Crippen molar-refractivity contribution in [3.05, 3.63) is 58.4 Å². The molecule has 6 heteroatoms. The van der Waals surface area contributed by atoms with Crippen LogP contribution in [-0.4, -0.2) is 34.3 Å². The Morgan fingerprint density at radius 3 is 2.69 bits per heavy atom. The van der Waals surface area contributed by atoms with Gasteiger partial charge < -0.3 is 10.2 Å². The summed E-state index contributed by atoms with van der Waals surface area (Å²) in [4.78, 5) is 30.9. The van der Waals surface area contributed by atoms with Crippen molar-refractivity contribution in [3.8, 4) is 0 Å². The zero-order valence-electron chi connectivity index (χ0n) is 15.0. The van der Waals surface area contributed by atoms with Gasteiger partial charge in [0.2, 0.25) is 0 Å². The minimum absolute atomic E-state index is 0.0547. The maximum absolute atomic E-state index is 12.8. The lowest BCUT2D eigenvalue weighted by Gasteiger charge is -2.33. The molecule has 2 aromatic rings. The zero-order chi connectivity index (χ0) is 18.7. The molecule has 1 unspecified atom stereocenters. The first-order chi connectivity index (χ1) is 12.5. The molecule has 0 aliphatic carbocycles. The van der Waals surface area contributed by atoms with E-state index in [1.54, 1.807) is 18.2 Å². The van der Waals surface area contributed by atoms with Crippen LogP contribution in [0.5, 0.6) is 0 Å². The van der Waals surface area contributed by atoms with Crippen LogP contribution in [0.2, 0.25) is 5.15 Å². The highest BCUT2D eigenvalue weighted by molar-refractivity contribution is 6.29. The fraction of sp³-hybridized carbons (Fsp3) is 0.350. The van der Waals surface area contributed by atoms with E-state index in [1.807, 2.05) is 17.9 Å². The highest BCUT2D eigenvalue weighted by Gasteiger charge is 2.24. The number of aromatic nitrogens is 1. The first-order valence-electron chi connectivity index (χ1n) is 8.80. The van der Waals surface area contributed by atoms with Gasteiger partial charge in [-0.15, -0.1) is 0 Å². The first kappa shape index (κ1) is 18.4. The van der Waals surface area contributed by atoms with Crippen LogP contribution in [0, 0.1) is 6.92 Å². The number of hydrogen-bond acceptors (Lipinski definition) is 3. The average Bonchev–Trinajstić information content (AvgIpc) is 2.63. The third-order valence-corrected chi connectivity index (χ3v) is 4.98. The molecule has 0 radical (unpaired) electrons. The predicted octanol–water partition coefficient (Wildman–Crippen LogP) is 4.31. The van der Waals surface area contributed by atoms with Crippen molar-refractivity contribution in [2.45, 2.75) is 39.2 Å². The summed E-state index contributed by atoms with van der Waals surface area (Å²) < 4.78 is 0. The maximum atomic E-state index is 12.8. The molecule has 0 saturated carbocycles. The van der Waals surface area contributed by atoms with Crippen LogP contribution in [0.15, 0.2) is 36.5 Å². The molecule has 2 heterocycles. The standard InChI is InChI=1S/C20H22ClN3O2/c1-13-11-16(20(26)24-10-4-3-5-14(24)2)6-7-17(13)23-19(25)15-8-9-22-18(21)12-15/h6-9,11-12,14H,3-5,10H2,1-2H3,(H,23,25). The van der Waals surface area contributed by atoms with Crippen molar-refractivity contribution in [1.82, 2.24) is 9.88 Å². The van der Waals surface area contributed by atoms with Gasteiger partial charge in [-0.2, -0.15) is 0 Å². The van der Waals surface area contributed by atoms with E-state index in [4.69, 9.17) is 11.6 Å². The Balaban J connectivity index is 1.75. The van der Waals surface area contributed by atoms with E-state index in [-0.39, 0.29) is 23.0 Å². The summed E-state index contributed by atoms with van der Waals surface area (Å²) in [7, 11) is 0. The van der Waals surface area contributed by atoms with Crippen LogP contribution in [-0.2, 0) is 0 Å². The average molecular weight is 372 g/mol. The van der Waals surface area contributed by atoms with Crippen LogP contribution in [0.3, 0.4) is 0 Å². The Morgan fingerprint density at radius 2 is 2.00 bits per heavy atom. The second-order valence-electron chi connectivity index (χ2n) is 6.69. The number of carbonyl (C=O) groups excluding carboxylic acids is 2. The molecule has 26 heavy (non-hydrogen) atoms. The van der Waals surface area contributed by atoms with Gasteiger partial charge in [0, 0.05) is 35.6 Å². The molecular weight excluding hydrogens is 350 g/mol. The molecule has 1 N–H and O–H groups in total. The summed E-state index contributed by atoms with van der Waals surface area (Å²) in [5.74, 6) is -0.208. The van der Waals surface area contributed by atoms with Gasteiger partial charge in [0.1, 0.15) is 5.15 Å². The lowest BCUT2D eigenvalue weighted by Crippen LogP contribution is -2.42. The summed E-state index contributed by atoms with van der Waals surface area (Å²) in [5, 5.41) is 3.13. The normalized spacial score (nSPS) is 17.0. The van der Waals surface area contributed by atoms with Crippen LogP contribution in [0.1, 0.15) is 52.5 Å². The SMILES string of the molecule is Cc1cc(C(=O)N2CCCCC2C)ccc1NC(=O)c1ccnc(Cl)c1. The number of halogens is 1. The van der Waals surface area contributed by atoms with Gasteiger partial charge in [-0.1, -0.05) is 11.6 Å². The van der Waals surface area contributed by atoms with Gasteiger partial charge in [-0.05, 0) is 69.0 Å². The van der Waals surface area contributed by atoms with Gasteiger partial charge in [0.15, 0.2) is 0 Å². The predicted molar refractivity (Wildman–Crippen MR) is 103 cm³/mol. The third-order valence-electron chi connectivity index (χ3n) is 4.77. The molecule has 136 valence electrons. The van der Waals surface area contributed by atoms with E-state index in [2.05, 4.69) is 17.2 Å². The minimum atomic E-state index is -0.263. The fourth-order valence-corrected chi connectivity index (χ4v) is 3.41. The highest BCUT2D eigenvalue weighted by atomic mass is 35.5. The summed E-state index contributed by atoms with van der Waals surface area (Å²) in [6, 6.07) is 8.77. The smallest absolute Gasteiger partial charge is 0.255 e. The molecule has 1 fully saturated rings. The summed E-state index contributed by atoms with van der Waals surface area (Å²) in [5.41, 5.74) is 2.60. The third kappa shape index (κ3) is 4.05. The quantitative estimate of drug-likeness (QED) is 0.818. The van der Waals surface area contributed by atoms with Crippen molar-refractivity contribution in [2.75, 3.05) is 11.9 Å². The molecule has 1 aliphatic rings. The molecule has 2 amide bonds. The van der Waals surface area contributed by atoms with Crippen molar-refractivity contribution in [2.24, 2.45) is 0 Å². The zero-order valence-corrected chi connectivity index (χ0v) is 15.7. The molecule has 3 rings (SSSR count).